The minimum absolute atomic E-state index is 0.225. The average Bonchev–Trinajstić information content (AvgIpc) is 3.38. The maximum atomic E-state index is 12.7. The third-order valence-electron chi connectivity index (χ3n) is 5.15. The Balaban J connectivity index is 1.47. The molecule has 34 heavy (non-hydrogen) atoms. The number of hydrogen-bond acceptors (Lipinski definition) is 7. The minimum Gasteiger partial charge on any atom is -0.453 e. The number of ketones is 1. The summed E-state index contributed by atoms with van der Waals surface area (Å²) < 4.78 is 7.20. The number of fused-ring (bicyclic) bond motifs is 1. The van der Waals surface area contributed by atoms with E-state index in [9.17, 15) is 14.4 Å². The number of anilines is 1. The van der Waals surface area contributed by atoms with Crippen LogP contribution in [0.3, 0.4) is 0 Å². The summed E-state index contributed by atoms with van der Waals surface area (Å²) in [5, 5.41) is 8.21. The Bertz CT molecular complexity index is 1380. The number of ether oxygens (including phenoxy) is 1. The molecule has 9 heteroatoms. The number of nitrogens with zero attached hydrogens (tertiary/aromatic N) is 2. The van der Waals surface area contributed by atoms with Crippen molar-refractivity contribution >= 4 is 56.7 Å². The van der Waals surface area contributed by atoms with Crippen LogP contribution < -0.4 is 5.32 Å². The van der Waals surface area contributed by atoms with Crippen molar-refractivity contribution in [3.8, 4) is 0 Å². The molecule has 0 radical (unpaired) electrons. The third kappa shape index (κ3) is 5.21. The van der Waals surface area contributed by atoms with Crippen molar-refractivity contribution in [2.24, 2.45) is 0 Å². The number of thioether (sulfide) groups is 1. The van der Waals surface area contributed by atoms with Crippen LogP contribution in [0.4, 0.5) is 5.69 Å². The highest BCUT2D eigenvalue weighted by Crippen LogP contribution is 2.30. The first-order valence-corrected chi connectivity index (χ1v) is 12.6. The van der Waals surface area contributed by atoms with Gasteiger partial charge in [-0.1, -0.05) is 36.4 Å². The van der Waals surface area contributed by atoms with Crippen LogP contribution in [0.1, 0.15) is 38.2 Å². The van der Waals surface area contributed by atoms with Gasteiger partial charge in [0.1, 0.15) is 9.71 Å². The number of nitrogens with one attached hydrogen (secondary N) is 1. The van der Waals surface area contributed by atoms with Gasteiger partial charge in [0.15, 0.2) is 12.4 Å². The molecule has 0 unspecified atom stereocenters. The quantitative estimate of drug-likeness (QED) is 0.207. The van der Waals surface area contributed by atoms with E-state index in [0.29, 0.717) is 22.7 Å². The van der Waals surface area contributed by atoms with Crippen LogP contribution in [-0.4, -0.2) is 40.3 Å². The van der Waals surface area contributed by atoms with Gasteiger partial charge >= 0.3 is 5.97 Å². The molecule has 0 fully saturated rings. The Morgan fingerprint density at radius 1 is 1.12 bits per heavy atom. The Kier molecular flexibility index (Phi) is 7.14. The fourth-order valence-electron chi connectivity index (χ4n) is 3.53. The van der Waals surface area contributed by atoms with E-state index in [0.717, 1.165) is 26.4 Å². The molecule has 4 aromatic rings. The van der Waals surface area contributed by atoms with E-state index in [4.69, 9.17) is 4.74 Å². The molecule has 2 aromatic heterocycles. The van der Waals surface area contributed by atoms with Crippen LogP contribution in [0.25, 0.3) is 10.2 Å². The molecule has 1 amide bonds. The maximum absolute atomic E-state index is 12.7. The van der Waals surface area contributed by atoms with Crippen LogP contribution in [0.15, 0.2) is 59.5 Å². The number of thiophene rings is 1. The molecule has 0 spiro atoms. The molecular weight excluding hydrogens is 470 g/mol. The average molecular weight is 494 g/mol. The molecule has 2 heterocycles. The van der Waals surface area contributed by atoms with Crippen LogP contribution in [0.5, 0.6) is 0 Å². The number of carbonyl (C=O) groups is 3. The van der Waals surface area contributed by atoms with Crippen molar-refractivity contribution in [1.29, 1.82) is 0 Å². The van der Waals surface area contributed by atoms with Gasteiger partial charge in [-0.25, -0.2) is 4.79 Å². The number of carbonyl (C=O) groups excluding carboxylic acids is 3. The van der Waals surface area contributed by atoms with Gasteiger partial charge in [-0.3, -0.25) is 14.3 Å². The lowest BCUT2D eigenvalue weighted by atomic mass is 10.1. The van der Waals surface area contributed by atoms with Crippen molar-refractivity contribution in [1.82, 2.24) is 9.78 Å². The van der Waals surface area contributed by atoms with Crippen LogP contribution >= 0.6 is 23.1 Å². The second-order valence-corrected chi connectivity index (χ2v) is 9.53. The lowest BCUT2D eigenvalue weighted by Gasteiger charge is -2.10. The zero-order chi connectivity index (χ0) is 24.2. The van der Waals surface area contributed by atoms with Gasteiger partial charge in [0.25, 0.3) is 0 Å². The molecule has 0 aliphatic rings. The Labute approximate surface area is 205 Å². The predicted octanol–water partition coefficient (Wildman–Crippen LogP) is 5.17. The molecule has 1 N–H and O–H groups in total. The monoisotopic (exact) mass is 493 g/mol. The number of aromatic nitrogens is 2. The van der Waals surface area contributed by atoms with Gasteiger partial charge in [0.05, 0.1) is 17.9 Å². The fourth-order valence-corrected chi connectivity index (χ4v) is 5.12. The zero-order valence-electron chi connectivity index (χ0n) is 19.0. The first-order chi connectivity index (χ1) is 16.4. The summed E-state index contributed by atoms with van der Waals surface area (Å²) in [6.45, 7) is 3.52. The fraction of sp³-hybridized carbons (Fsp3) is 0.200. The van der Waals surface area contributed by atoms with Crippen molar-refractivity contribution < 1.29 is 19.1 Å². The van der Waals surface area contributed by atoms with E-state index in [-0.39, 0.29) is 18.3 Å². The molecular formula is C25H23N3O4S2. The molecule has 0 bridgehead atoms. The standard InChI is InChI=1S/C25H23N3O4S2/c1-15-19-12-23(34-24(19)28(27-15)13-17-7-5-4-6-8-17)25(31)32-14-21(30)18-9-10-22(33-3)20(11-18)26-16(2)29/h4-12H,13-14H2,1-3H3,(H,26,29). The highest BCUT2D eigenvalue weighted by atomic mass is 32.2. The molecule has 0 atom stereocenters. The van der Waals surface area contributed by atoms with E-state index in [1.807, 2.05) is 48.2 Å². The molecule has 0 saturated carbocycles. The summed E-state index contributed by atoms with van der Waals surface area (Å²) in [5.41, 5.74) is 2.86. The lowest BCUT2D eigenvalue weighted by Crippen LogP contribution is -2.14. The topological polar surface area (TPSA) is 90.3 Å². The number of aryl methyl sites for hydroxylation is 1. The number of hydrogen-bond donors (Lipinski definition) is 1. The number of benzene rings is 2. The SMILES string of the molecule is CSc1ccc(C(=O)COC(=O)c2cc3c(C)nn(Cc4ccccc4)c3s2)cc1NC(C)=O. The summed E-state index contributed by atoms with van der Waals surface area (Å²) in [6, 6.07) is 16.8. The van der Waals surface area contributed by atoms with E-state index in [1.165, 1.54) is 30.0 Å². The molecule has 7 nitrogen and oxygen atoms in total. The number of Topliss-reactive ketones (excluding diaryl/α,β-unsaturated/α-hetero) is 1. The van der Waals surface area contributed by atoms with Gasteiger partial charge in [-0.15, -0.1) is 23.1 Å². The lowest BCUT2D eigenvalue weighted by molar-refractivity contribution is -0.114. The predicted molar refractivity (Wildman–Crippen MR) is 135 cm³/mol. The summed E-state index contributed by atoms with van der Waals surface area (Å²) in [4.78, 5) is 38.9. The minimum atomic E-state index is -0.553. The van der Waals surface area contributed by atoms with Crippen molar-refractivity contribution in [3.05, 3.63) is 76.3 Å². The molecule has 174 valence electrons. The smallest absolute Gasteiger partial charge is 0.348 e. The zero-order valence-corrected chi connectivity index (χ0v) is 20.6. The van der Waals surface area contributed by atoms with Crippen molar-refractivity contribution in [3.63, 3.8) is 0 Å². The summed E-state index contributed by atoms with van der Waals surface area (Å²) in [7, 11) is 0. The summed E-state index contributed by atoms with van der Waals surface area (Å²) in [6.07, 6.45) is 1.88. The maximum Gasteiger partial charge on any atom is 0.348 e. The Hall–Kier alpha value is -3.43. The van der Waals surface area contributed by atoms with Gasteiger partial charge in [-0.2, -0.15) is 5.10 Å². The molecule has 0 aliphatic heterocycles. The highest BCUT2D eigenvalue weighted by Gasteiger charge is 2.19. The van der Waals surface area contributed by atoms with Crippen LogP contribution in [0.2, 0.25) is 0 Å². The second kappa shape index (κ2) is 10.2. The van der Waals surface area contributed by atoms with Crippen LogP contribution in [0, 0.1) is 6.92 Å². The molecule has 2 aromatic carbocycles. The number of esters is 1. The Morgan fingerprint density at radius 2 is 1.88 bits per heavy atom. The van der Waals surface area contributed by atoms with Crippen molar-refractivity contribution in [2.75, 3.05) is 18.2 Å². The van der Waals surface area contributed by atoms with Crippen LogP contribution in [-0.2, 0) is 16.1 Å². The summed E-state index contributed by atoms with van der Waals surface area (Å²) >= 11 is 2.76. The Morgan fingerprint density at radius 3 is 2.59 bits per heavy atom. The highest BCUT2D eigenvalue weighted by molar-refractivity contribution is 7.98. The summed E-state index contributed by atoms with van der Waals surface area (Å²) in [5.74, 6) is -1.12. The van der Waals surface area contributed by atoms with E-state index >= 15 is 0 Å². The molecule has 4 rings (SSSR count). The van der Waals surface area contributed by atoms with E-state index < -0.39 is 5.97 Å². The van der Waals surface area contributed by atoms with E-state index in [2.05, 4.69) is 10.4 Å². The second-order valence-electron chi connectivity index (χ2n) is 7.65. The van der Waals surface area contributed by atoms with E-state index in [1.54, 1.807) is 24.3 Å². The molecule has 0 saturated heterocycles. The normalized spacial score (nSPS) is 10.9. The largest absolute Gasteiger partial charge is 0.453 e. The molecule has 0 aliphatic carbocycles. The first kappa shape index (κ1) is 23.7. The van der Waals surface area contributed by atoms with Gasteiger partial charge in [-0.05, 0) is 36.9 Å². The number of rotatable bonds is 8. The first-order valence-electron chi connectivity index (χ1n) is 10.5. The van der Waals surface area contributed by atoms with Crippen molar-refractivity contribution in [2.45, 2.75) is 25.3 Å². The third-order valence-corrected chi connectivity index (χ3v) is 7.07. The van der Waals surface area contributed by atoms with Gasteiger partial charge in [0.2, 0.25) is 5.91 Å². The van der Waals surface area contributed by atoms with Gasteiger partial charge in [0, 0.05) is 22.8 Å². The van der Waals surface area contributed by atoms with Gasteiger partial charge < -0.3 is 10.1 Å². The number of amides is 1.